The fraction of sp³-hybridized carbons (Fsp3) is 0.375. The maximum Gasteiger partial charge on any atom is 0.257 e. The fourth-order valence-electron chi connectivity index (χ4n) is 3.62. The van der Waals surface area contributed by atoms with Crippen LogP contribution in [0, 0.1) is 11.2 Å². The zero-order chi connectivity index (χ0) is 21.9. The molecule has 1 saturated heterocycles. The molecule has 0 saturated carbocycles. The van der Waals surface area contributed by atoms with Gasteiger partial charge in [0.1, 0.15) is 11.9 Å². The van der Waals surface area contributed by atoms with Gasteiger partial charge in [-0.1, -0.05) is 51.1 Å². The molecule has 3 amide bonds. The third-order valence-corrected chi connectivity index (χ3v) is 5.07. The van der Waals surface area contributed by atoms with Crippen LogP contribution >= 0.6 is 0 Å². The molecule has 2 aromatic rings. The molecule has 0 N–H and O–H groups in total. The molecule has 3 rings (SSSR count). The number of hydrogen-bond donors (Lipinski definition) is 0. The Balaban J connectivity index is 1.84. The summed E-state index contributed by atoms with van der Waals surface area (Å²) in [5, 5.41) is 0. The van der Waals surface area contributed by atoms with Gasteiger partial charge in [-0.15, -0.1) is 0 Å². The molecular weight excluding hydrogens is 383 g/mol. The Morgan fingerprint density at radius 1 is 1.07 bits per heavy atom. The Morgan fingerprint density at radius 2 is 1.70 bits per heavy atom. The quantitative estimate of drug-likeness (QED) is 0.677. The average molecular weight is 410 g/mol. The third-order valence-electron chi connectivity index (χ3n) is 5.07. The van der Waals surface area contributed by atoms with Crippen LogP contribution in [0.2, 0.25) is 0 Å². The second kappa shape index (κ2) is 8.78. The van der Waals surface area contributed by atoms with E-state index in [0.717, 1.165) is 10.5 Å². The predicted molar refractivity (Wildman–Crippen MR) is 113 cm³/mol. The number of rotatable bonds is 6. The monoisotopic (exact) mass is 410 g/mol. The SMILES string of the molecule is CC(C)(C)CC(=O)N(CCc1ccccc1)C1CC(=O)N(c2ccc(F)cc2)C1=O. The first-order chi connectivity index (χ1) is 14.2. The van der Waals surface area contributed by atoms with Gasteiger partial charge in [0, 0.05) is 13.0 Å². The highest BCUT2D eigenvalue weighted by Gasteiger charge is 2.44. The van der Waals surface area contributed by atoms with Crippen molar-refractivity contribution in [1.82, 2.24) is 4.90 Å². The second-order valence-corrected chi connectivity index (χ2v) is 8.82. The van der Waals surface area contributed by atoms with Crippen molar-refractivity contribution in [3.05, 3.63) is 66.0 Å². The van der Waals surface area contributed by atoms with Gasteiger partial charge < -0.3 is 4.90 Å². The summed E-state index contributed by atoms with van der Waals surface area (Å²) in [5.41, 5.74) is 1.13. The molecule has 158 valence electrons. The van der Waals surface area contributed by atoms with Gasteiger partial charge in [-0.05, 0) is 41.7 Å². The van der Waals surface area contributed by atoms with Crippen LogP contribution in [-0.4, -0.2) is 35.2 Å². The number of halogens is 1. The molecule has 0 radical (unpaired) electrons. The minimum Gasteiger partial charge on any atom is -0.330 e. The maximum absolute atomic E-state index is 13.3. The number of amides is 3. The van der Waals surface area contributed by atoms with Gasteiger partial charge in [-0.3, -0.25) is 14.4 Å². The lowest BCUT2D eigenvalue weighted by molar-refractivity contribution is -0.139. The molecule has 1 aliphatic rings. The van der Waals surface area contributed by atoms with Gasteiger partial charge in [0.05, 0.1) is 12.1 Å². The number of hydrogen-bond acceptors (Lipinski definition) is 3. The van der Waals surface area contributed by atoms with E-state index in [-0.39, 0.29) is 30.1 Å². The molecule has 0 bridgehead atoms. The van der Waals surface area contributed by atoms with Crippen molar-refractivity contribution in [2.24, 2.45) is 5.41 Å². The molecule has 1 heterocycles. The Kier molecular flexibility index (Phi) is 6.34. The minimum atomic E-state index is -0.846. The van der Waals surface area contributed by atoms with E-state index in [2.05, 4.69) is 0 Å². The number of carbonyl (C=O) groups is 3. The largest absolute Gasteiger partial charge is 0.330 e. The Hall–Kier alpha value is -3.02. The standard InChI is InChI=1S/C24H27FN2O3/c1-24(2,3)16-22(29)26(14-13-17-7-5-4-6-8-17)20-15-21(28)27(23(20)30)19-11-9-18(25)10-12-19/h4-12,20H,13-16H2,1-3H3. The molecule has 1 unspecified atom stereocenters. The predicted octanol–water partition coefficient (Wildman–Crippen LogP) is 3.97. The van der Waals surface area contributed by atoms with Gasteiger partial charge in [-0.2, -0.15) is 0 Å². The van der Waals surface area contributed by atoms with Gasteiger partial charge in [0.15, 0.2) is 0 Å². The summed E-state index contributed by atoms with van der Waals surface area (Å²) in [7, 11) is 0. The van der Waals surface area contributed by atoms with E-state index >= 15 is 0 Å². The first kappa shape index (κ1) is 21.7. The molecule has 0 aliphatic carbocycles. The van der Waals surface area contributed by atoms with E-state index in [1.807, 2.05) is 51.1 Å². The normalized spacial score (nSPS) is 16.8. The molecule has 6 heteroatoms. The molecule has 0 spiro atoms. The highest BCUT2D eigenvalue weighted by atomic mass is 19.1. The molecule has 2 aromatic carbocycles. The fourth-order valence-corrected chi connectivity index (χ4v) is 3.62. The summed E-state index contributed by atoms with van der Waals surface area (Å²) >= 11 is 0. The Morgan fingerprint density at radius 3 is 2.30 bits per heavy atom. The number of nitrogens with zero attached hydrogens (tertiary/aromatic N) is 2. The molecule has 30 heavy (non-hydrogen) atoms. The summed E-state index contributed by atoms with van der Waals surface area (Å²) in [5.74, 6) is -1.42. The van der Waals surface area contributed by atoms with Crippen molar-refractivity contribution in [1.29, 1.82) is 0 Å². The molecule has 0 aromatic heterocycles. The van der Waals surface area contributed by atoms with Gasteiger partial charge in [0.2, 0.25) is 11.8 Å². The zero-order valence-electron chi connectivity index (χ0n) is 17.6. The smallest absolute Gasteiger partial charge is 0.257 e. The van der Waals surface area contributed by atoms with Crippen LogP contribution in [0.25, 0.3) is 0 Å². The first-order valence-electron chi connectivity index (χ1n) is 10.1. The number of anilines is 1. The van der Waals surface area contributed by atoms with Gasteiger partial charge in [0.25, 0.3) is 5.91 Å². The van der Waals surface area contributed by atoms with Crippen LogP contribution in [0.4, 0.5) is 10.1 Å². The van der Waals surface area contributed by atoms with Gasteiger partial charge in [-0.25, -0.2) is 9.29 Å². The summed E-state index contributed by atoms with van der Waals surface area (Å²) in [6.45, 7) is 6.24. The van der Waals surface area contributed by atoms with E-state index in [0.29, 0.717) is 18.7 Å². The van der Waals surface area contributed by atoms with Crippen LogP contribution in [0.15, 0.2) is 54.6 Å². The van der Waals surface area contributed by atoms with Crippen molar-refractivity contribution in [3.8, 4) is 0 Å². The molecular formula is C24H27FN2O3. The lowest BCUT2D eigenvalue weighted by Crippen LogP contribution is -2.47. The van der Waals surface area contributed by atoms with Crippen molar-refractivity contribution in [3.63, 3.8) is 0 Å². The highest BCUT2D eigenvalue weighted by Crippen LogP contribution is 2.28. The second-order valence-electron chi connectivity index (χ2n) is 8.82. The van der Waals surface area contributed by atoms with Crippen molar-refractivity contribution >= 4 is 23.4 Å². The number of benzene rings is 2. The lowest BCUT2D eigenvalue weighted by Gasteiger charge is -2.30. The zero-order valence-corrected chi connectivity index (χ0v) is 17.6. The number of imide groups is 1. The Bertz CT molecular complexity index is 920. The van der Waals surface area contributed by atoms with Crippen LogP contribution in [0.5, 0.6) is 0 Å². The van der Waals surface area contributed by atoms with Crippen LogP contribution in [0.1, 0.15) is 39.2 Å². The van der Waals surface area contributed by atoms with E-state index in [9.17, 15) is 18.8 Å². The summed E-state index contributed by atoms with van der Waals surface area (Å²) < 4.78 is 13.3. The summed E-state index contributed by atoms with van der Waals surface area (Å²) in [6.07, 6.45) is 0.794. The lowest BCUT2D eigenvalue weighted by atomic mass is 9.91. The van der Waals surface area contributed by atoms with Crippen LogP contribution < -0.4 is 4.90 Å². The van der Waals surface area contributed by atoms with Crippen LogP contribution in [-0.2, 0) is 20.8 Å². The molecule has 1 atom stereocenters. The van der Waals surface area contributed by atoms with E-state index < -0.39 is 17.8 Å². The molecule has 5 nitrogen and oxygen atoms in total. The van der Waals surface area contributed by atoms with Gasteiger partial charge >= 0.3 is 0 Å². The number of carbonyl (C=O) groups excluding carboxylic acids is 3. The first-order valence-corrected chi connectivity index (χ1v) is 10.1. The van der Waals surface area contributed by atoms with E-state index in [4.69, 9.17) is 0 Å². The molecule has 1 aliphatic heterocycles. The summed E-state index contributed by atoms with van der Waals surface area (Å²) in [6, 6.07) is 14.1. The Labute approximate surface area is 176 Å². The maximum atomic E-state index is 13.3. The van der Waals surface area contributed by atoms with Crippen LogP contribution in [0.3, 0.4) is 0 Å². The van der Waals surface area contributed by atoms with Crippen molar-refractivity contribution < 1.29 is 18.8 Å². The summed E-state index contributed by atoms with van der Waals surface area (Å²) in [4.78, 5) is 41.5. The highest BCUT2D eigenvalue weighted by molar-refractivity contribution is 6.23. The van der Waals surface area contributed by atoms with E-state index in [1.165, 1.54) is 24.3 Å². The average Bonchev–Trinajstić information content (AvgIpc) is 2.96. The van der Waals surface area contributed by atoms with E-state index in [1.54, 1.807) is 4.90 Å². The minimum absolute atomic E-state index is 0.0686. The topological polar surface area (TPSA) is 57.7 Å². The van der Waals surface area contributed by atoms with Crippen molar-refractivity contribution in [2.75, 3.05) is 11.4 Å². The third kappa shape index (κ3) is 5.12. The molecule has 1 fully saturated rings. The van der Waals surface area contributed by atoms with Crippen molar-refractivity contribution in [2.45, 2.75) is 46.1 Å².